The first-order chi connectivity index (χ1) is 7.99. The zero-order valence-electron chi connectivity index (χ0n) is 10.3. The minimum absolute atomic E-state index is 0.0517. The predicted octanol–water partition coefficient (Wildman–Crippen LogP) is 1.47. The van der Waals surface area contributed by atoms with Crippen molar-refractivity contribution in [2.75, 3.05) is 0 Å². The van der Waals surface area contributed by atoms with Gasteiger partial charge in [-0.3, -0.25) is 0 Å². The standard InChI is InChI=1S/C12H18N4O/c1-8(2)17-11-6-4-10(5-7-11)9(3)15-16-12(13)14/h4-8H,1-3H3,(H4,13,14,16)/b15-9-. The van der Waals surface area contributed by atoms with Crippen LogP contribution < -0.4 is 16.2 Å². The van der Waals surface area contributed by atoms with E-state index >= 15 is 0 Å². The molecule has 0 aliphatic heterocycles. The Hall–Kier alpha value is -2.04. The molecule has 0 heterocycles. The van der Waals surface area contributed by atoms with Gasteiger partial charge in [-0.25, -0.2) is 0 Å². The first-order valence-electron chi connectivity index (χ1n) is 5.39. The fourth-order valence-corrected chi connectivity index (χ4v) is 1.24. The van der Waals surface area contributed by atoms with Crippen LogP contribution in [-0.4, -0.2) is 17.8 Å². The average molecular weight is 234 g/mol. The van der Waals surface area contributed by atoms with Gasteiger partial charge in [-0.05, 0) is 50.6 Å². The second-order valence-corrected chi connectivity index (χ2v) is 3.90. The van der Waals surface area contributed by atoms with Crippen LogP contribution in [-0.2, 0) is 0 Å². The number of hydrogen-bond acceptors (Lipinski definition) is 3. The third-order valence-corrected chi connectivity index (χ3v) is 1.96. The Bertz CT molecular complexity index is 417. The molecule has 0 amide bonds. The van der Waals surface area contributed by atoms with Crippen LogP contribution in [0.4, 0.5) is 0 Å². The number of ether oxygens (including phenoxy) is 1. The van der Waals surface area contributed by atoms with E-state index in [-0.39, 0.29) is 12.1 Å². The average Bonchev–Trinajstić information content (AvgIpc) is 2.26. The summed E-state index contributed by atoms with van der Waals surface area (Å²) in [5, 5.41) is 7.50. The van der Waals surface area contributed by atoms with Crippen molar-refractivity contribution in [1.29, 1.82) is 0 Å². The Labute approximate surface area is 101 Å². The Morgan fingerprint density at radius 1 is 1.12 bits per heavy atom. The Morgan fingerprint density at radius 2 is 1.71 bits per heavy atom. The Balaban J connectivity index is 2.80. The quantitative estimate of drug-likeness (QED) is 0.470. The molecule has 0 aliphatic carbocycles. The summed E-state index contributed by atoms with van der Waals surface area (Å²) in [6.45, 7) is 5.81. The van der Waals surface area contributed by atoms with Gasteiger partial charge in [0, 0.05) is 0 Å². The summed E-state index contributed by atoms with van der Waals surface area (Å²) in [4.78, 5) is 0. The molecule has 0 fully saturated rings. The minimum atomic E-state index is -0.0517. The topological polar surface area (TPSA) is 86.0 Å². The highest BCUT2D eigenvalue weighted by Gasteiger charge is 2.00. The van der Waals surface area contributed by atoms with Crippen molar-refractivity contribution in [3.8, 4) is 5.75 Å². The molecule has 0 saturated heterocycles. The van der Waals surface area contributed by atoms with Crippen molar-refractivity contribution in [2.24, 2.45) is 21.7 Å². The maximum Gasteiger partial charge on any atom is 0.211 e. The van der Waals surface area contributed by atoms with Crippen LogP contribution >= 0.6 is 0 Å². The van der Waals surface area contributed by atoms with Crippen molar-refractivity contribution in [2.45, 2.75) is 26.9 Å². The van der Waals surface area contributed by atoms with E-state index in [0.29, 0.717) is 0 Å². The molecule has 0 atom stereocenters. The van der Waals surface area contributed by atoms with Gasteiger partial charge >= 0.3 is 0 Å². The molecule has 0 saturated carbocycles. The molecule has 0 unspecified atom stereocenters. The third kappa shape index (κ3) is 4.55. The van der Waals surface area contributed by atoms with Gasteiger partial charge in [0.15, 0.2) is 0 Å². The van der Waals surface area contributed by atoms with Gasteiger partial charge < -0.3 is 16.2 Å². The maximum absolute atomic E-state index is 5.54. The molecule has 0 spiro atoms. The highest BCUT2D eigenvalue weighted by Crippen LogP contribution is 2.14. The van der Waals surface area contributed by atoms with Crippen LogP contribution in [0, 0.1) is 0 Å². The lowest BCUT2D eigenvalue weighted by atomic mass is 10.1. The van der Waals surface area contributed by atoms with Crippen molar-refractivity contribution in [1.82, 2.24) is 0 Å². The SMILES string of the molecule is C/C(=N/N=C(N)N)c1ccc(OC(C)C)cc1. The molecule has 17 heavy (non-hydrogen) atoms. The lowest BCUT2D eigenvalue weighted by molar-refractivity contribution is 0.242. The third-order valence-electron chi connectivity index (χ3n) is 1.96. The van der Waals surface area contributed by atoms with Crippen molar-refractivity contribution in [3.63, 3.8) is 0 Å². The molecule has 92 valence electrons. The second-order valence-electron chi connectivity index (χ2n) is 3.90. The number of hydrogen-bond donors (Lipinski definition) is 2. The molecule has 1 aromatic rings. The number of rotatable bonds is 4. The summed E-state index contributed by atoms with van der Waals surface area (Å²) in [5.41, 5.74) is 12.1. The van der Waals surface area contributed by atoms with Crippen LogP contribution in [0.25, 0.3) is 0 Å². The van der Waals surface area contributed by atoms with E-state index < -0.39 is 0 Å². The van der Waals surface area contributed by atoms with Gasteiger partial charge in [0.05, 0.1) is 11.8 Å². The van der Waals surface area contributed by atoms with Gasteiger partial charge in [-0.2, -0.15) is 5.10 Å². The van der Waals surface area contributed by atoms with Gasteiger partial charge in [0.25, 0.3) is 0 Å². The summed E-state index contributed by atoms with van der Waals surface area (Å²) in [5.74, 6) is 0.780. The molecule has 1 rings (SSSR count). The lowest BCUT2D eigenvalue weighted by Crippen LogP contribution is -2.22. The molecular formula is C12H18N4O. The number of benzene rings is 1. The molecule has 0 aromatic heterocycles. The molecule has 0 radical (unpaired) electrons. The fourth-order valence-electron chi connectivity index (χ4n) is 1.24. The van der Waals surface area contributed by atoms with Crippen LogP contribution in [0.3, 0.4) is 0 Å². The summed E-state index contributed by atoms with van der Waals surface area (Å²) in [6.07, 6.45) is 0.164. The van der Waals surface area contributed by atoms with E-state index in [9.17, 15) is 0 Å². The molecule has 4 N–H and O–H groups in total. The van der Waals surface area contributed by atoms with E-state index in [4.69, 9.17) is 16.2 Å². The van der Waals surface area contributed by atoms with Crippen LogP contribution in [0.1, 0.15) is 26.3 Å². The van der Waals surface area contributed by atoms with E-state index in [2.05, 4.69) is 10.2 Å². The van der Waals surface area contributed by atoms with Crippen molar-refractivity contribution >= 4 is 11.7 Å². The van der Waals surface area contributed by atoms with Crippen molar-refractivity contribution < 1.29 is 4.74 Å². The van der Waals surface area contributed by atoms with Gasteiger partial charge in [-0.15, -0.1) is 5.10 Å². The Morgan fingerprint density at radius 3 is 2.18 bits per heavy atom. The first-order valence-corrected chi connectivity index (χ1v) is 5.39. The first kappa shape index (κ1) is 13.0. The van der Waals surface area contributed by atoms with Crippen LogP contribution in [0.15, 0.2) is 34.5 Å². The lowest BCUT2D eigenvalue weighted by Gasteiger charge is -2.09. The minimum Gasteiger partial charge on any atom is -0.491 e. The van der Waals surface area contributed by atoms with Crippen LogP contribution in [0.5, 0.6) is 5.75 Å². The number of nitrogens with zero attached hydrogens (tertiary/aromatic N) is 2. The van der Waals surface area contributed by atoms with Crippen LogP contribution in [0.2, 0.25) is 0 Å². The van der Waals surface area contributed by atoms with E-state index in [1.807, 2.05) is 45.0 Å². The largest absolute Gasteiger partial charge is 0.491 e. The zero-order chi connectivity index (χ0) is 12.8. The molecule has 0 aliphatic rings. The summed E-state index contributed by atoms with van der Waals surface area (Å²) >= 11 is 0. The van der Waals surface area contributed by atoms with Gasteiger partial charge in [0.2, 0.25) is 5.96 Å². The highest BCUT2D eigenvalue weighted by molar-refractivity contribution is 5.99. The van der Waals surface area contributed by atoms with E-state index in [0.717, 1.165) is 17.0 Å². The predicted molar refractivity (Wildman–Crippen MR) is 70.2 cm³/mol. The van der Waals surface area contributed by atoms with E-state index in [1.165, 1.54) is 0 Å². The zero-order valence-corrected chi connectivity index (χ0v) is 10.3. The monoisotopic (exact) mass is 234 g/mol. The summed E-state index contributed by atoms with van der Waals surface area (Å²) in [7, 11) is 0. The fraction of sp³-hybridized carbons (Fsp3) is 0.333. The Kier molecular flexibility index (Phi) is 4.51. The summed E-state index contributed by atoms with van der Waals surface area (Å²) < 4.78 is 5.54. The highest BCUT2D eigenvalue weighted by atomic mass is 16.5. The second kappa shape index (κ2) is 5.89. The normalized spacial score (nSPS) is 11.4. The molecular weight excluding hydrogens is 216 g/mol. The van der Waals surface area contributed by atoms with E-state index in [1.54, 1.807) is 0 Å². The smallest absolute Gasteiger partial charge is 0.211 e. The molecule has 5 heteroatoms. The van der Waals surface area contributed by atoms with Gasteiger partial charge in [0.1, 0.15) is 5.75 Å². The summed E-state index contributed by atoms with van der Waals surface area (Å²) in [6, 6.07) is 7.62. The molecule has 0 bridgehead atoms. The van der Waals surface area contributed by atoms with Gasteiger partial charge in [-0.1, -0.05) is 0 Å². The number of guanidine groups is 1. The molecule has 5 nitrogen and oxygen atoms in total. The maximum atomic E-state index is 5.54. The van der Waals surface area contributed by atoms with Crippen molar-refractivity contribution in [3.05, 3.63) is 29.8 Å². The molecule has 1 aromatic carbocycles. The number of nitrogens with two attached hydrogens (primary N) is 2.